The summed E-state index contributed by atoms with van der Waals surface area (Å²) >= 11 is 4.51. The smallest absolute Gasteiger partial charge is 0.234 e. The van der Waals surface area contributed by atoms with E-state index >= 15 is 0 Å². The van der Waals surface area contributed by atoms with Gasteiger partial charge in [-0.25, -0.2) is 4.98 Å². The normalized spacial score (nSPS) is 13.6. The number of carbonyl (C=O) groups is 1. The van der Waals surface area contributed by atoms with Gasteiger partial charge in [-0.1, -0.05) is 35.2 Å². The van der Waals surface area contributed by atoms with E-state index in [9.17, 15) is 4.79 Å². The van der Waals surface area contributed by atoms with Crippen LogP contribution in [0, 0.1) is 6.92 Å². The van der Waals surface area contributed by atoms with E-state index in [-0.39, 0.29) is 5.91 Å². The number of hydrogen-bond acceptors (Lipinski definition) is 8. The van der Waals surface area contributed by atoms with E-state index < -0.39 is 0 Å². The summed E-state index contributed by atoms with van der Waals surface area (Å²) in [5, 5.41) is 18.4. The zero-order valence-electron chi connectivity index (χ0n) is 14.1. The van der Waals surface area contributed by atoms with Gasteiger partial charge in [0.2, 0.25) is 11.0 Å². The number of anilines is 2. The van der Waals surface area contributed by atoms with Gasteiger partial charge in [0, 0.05) is 22.7 Å². The molecule has 134 valence electrons. The summed E-state index contributed by atoms with van der Waals surface area (Å²) in [5.74, 6) is 0.242. The molecule has 1 fully saturated rings. The van der Waals surface area contributed by atoms with Crippen LogP contribution >= 0.6 is 34.4 Å². The molecule has 2 heterocycles. The lowest BCUT2D eigenvalue weighted by Crippen LogP contribution is -2.13. The third kappa shape index (κ3) is 4.60. The first-order valence-corrected chi connectivity index (χ1v) is 10.9. The van der Waals surface area contributed by atoms with Gasteiger partial charge in [0.05, 0.1) is 16.5 Å². The van der Waals surface area contributed by atoms with E-state index in [1.165, 1.54) is 35.9 Å². The average Bonchev–Trinajstić information content (AvgIpc) is 3.14. The van der Waals surface area contributed by atoms with E-state index in [0.717, 1.165) is 31.4 Å². The number of hydrogen-bond donors (Lipinski definition) is 2. The van der Waals surface area contributed by atoms with E-state index in [2.05, 4.69) is 25.8 Å². The molecule has 1 aliphatic carbocycles. The number of aromatic nitrogens is 3. The Morgan fingerprint density at radius 2 is 2.23 bits per heavy atom. The average molecular weight is 404 g/mol. The van der Waals surface area contributed by atoms with Crippen molar-refractivity contribution < 1.29 is 4.79 Å². The summed E-state index contributed by atoms with van der Waals surface area (Å²) in [4.78, 5) is 16.7. The van der Waals surface area contributed by atoms with Gasteiger partial charge >= 0.3 is 0 Å². The second-order valence-electron chi connectivity index (χ2n) is 5.96. The molecule has 26 heavy (non-hydrogen) atoms. The molecule has 0 aliphatic heterocycles. The molecule has 4 rings (SSSR count). The van der Waals surface area contributed by atoms with Gasteiger partial charge in [-0.05, 0) is 31.9 Å². The van der Waals surface area contributed by atoms with Crippen LogP contribution in [0.4, 0.5) is 10.8 Å². The number of thiazole rings is 1. The monoisotopic (exact) mass is 403 g/mol. The first kappa shape index (κ1) is 17.4. The van der Waals surface area contributed by atoms with Crippen LogP contribution in [0.1, 0.15) is 17.8 Å². The topological polar surface area (TPSA) is 79.8 Å². The minimum absolute atomic E-state index is 0.0616. The Morgan fingerprint density at radius 3 is 3.00 bits per heavy atom. The molecule has 2 aromatic heterocycles. The van der Waals surface area contributed by atoms with Gasteiger partial charge in [0.15, 0.2) is 4.34 Å². The third-order valence-corrected chi connectivity index (χ3v) is 6.46. The van der Waals surface area contributed by atoms with Gasteiger partial charge in [0.25, 0.3) is 0 Å². The summed E-state index contributed by atoms with van der Waals surface area (Å²) in [7, 11) is 0. The molecule has 0 saturated heterocycles. The molecule has 1 saturated carbocycles. The number of nitrogens with zero attached hydrogens (tertiary/aromatic N) is 3. The SMILES string of the molecule is Cc1nc(-c2cccc(NC(=O)CSc3nnc(NC4CC4)s3)c2)cs1. The van der Waals surface area contributed by atoms with Crippen LogP contribution in [0.5, 0.6) is 0 Å². The van der Waals surface area contributed by atoms with Gasteiger partial charge in [-0.15, -0.1) is 21.5 Å². The molecular formula is C17H17N5OS3. The maximum absolute atomic E-state index is 12.2. The Hall–Kier alpha value is -1.97. The lowest BCUT2D eigenvalue weighted by molar-refractivity contribution is -0.113. The molecule has 1 aromatic carbocycles. The second-order valence-corrected chi connectivity index (χ2v) is 9.22. The van der Waals surface area contributed by atoms with Gasteiger partial charge in [-0.2, -0.15) is 0 Å². The van der Waals surface area contributed by atoms with Crippen LogP contribution < -0.4 is 10.6 Å². The molecule has 0 bridgehead atoms. The van der Waals surface area contributed by atoms with Crippen LogP contribution in [0.2, 0.25) is 0 Å². The molecule has 9 heteroatoms. The van der Waals surface area contributed by atoms with Crippen molar-refractivity contribution in [3.8, 4) is 11.3 Å². The zero-order chi connectivity index (χ0) is 17.9. The lowest BCUT2D eigenvalue weighted by atomic mass is 10.1. The Morgan fingerprint density at radius 1 is 1.35 bits per heavy atom. The predicted octanol–water partition coefficient (Wildman–Crippen LogP) is 4.28. The highest BCUT2D eigenvalue weighted by Crippen LogP contribution is 2.30. The molecule has 6 nitrogen and oxygen atoms in total. The molecule has 0 radical (unpaired) electrons. The van der Waals surface area contributed by atoms with Crippen molar-refractivity contribution >= 4 is 51.2 Å². The van der Waals surface area contributed by atoms with E-state index in [1.54, 1.807) is 11.3 Å². The van der Waals surface area contributed by atoms with Crippen molar-refractivity contribution in [3.63, 3.8) is 0 Å². The molecule has 0 unspecified atom stereocenters. The van der Waals surface area contributed by atoms with Crippen molar-refractivity contribution in [2.75, 3.05) is 16.4 Å². The number of benzene rings is 1. The number of nitrogens with one attached hydrogen (secondary N) is 2. The lowest BCUT2D eigenvalue weighted by Gasteiger charge is -2.06. The molecular weight excluding hydrogens is 386 g/mol. The van der Waals surface area contributed by atoms with Gasteiger partial charge < -0.3 is 10.6 Å². The maximum Gasteiger partial charge on any atom is 0.234 e. The van der Waals surface area contributed by atoms with Crippen molar-refractivity contribution in [1.82, 2.24) is 15.2 Å². The van der Waals surface area contributed by atoms with Gasteiger partial charge in [-0.3, -0.25) is 4.79 Å². The van der Waals surface area contributed by atoms with Crippen molar-refractivity contribution in [2.45, 2.75) is 30.1 Å². The summed E-state index contributed by atoms with van der Waals surface area (Å²) in [6.07, 6.45) is 2.40. The highest BCUT2D eigenvalue weighted by atomic mass is 32.2. The third-order valence-electron chi connectivity index (χ3n) is 3.70. The second kappa shape index (κ2) is 7.73. The minimum Gasteiger partial charge on any atom is -0.357 e. The number of aryl methyl sites for hydroxylation is 1. The zero-order valence-corrected chi connectivity index (χ0v) is 16.5. The molecule has 1 amide bonds. The first-order chi connectivity index (χ1) is 12.7. The van der Waals surface area contributed by atoms with E-state index in [1.807, 2.05) is 36.6 Å². The predicted molar refractivity (Wildman–Crippen MR) is 108 cm³/mol. The van der Waals surface area contributed by atoms with Crippen LogP contribution in [-0.2, 0) is 4.79 Å². The Balaban J connectivity index is 1.32. The number of amides is 1. The molecule has 0 spiro atoms. The summed E-state index contributed by atoms with van der Waals surface area (Å²) in [6, 6.07) is 8.30. The highest BCUT2D eigenvalue weighted by molar-refractivity contribution is 8.01. The van der Waals surface area contributed by atoms with Crippen LogP contribution in [0.3, 0.4) is 0 Å². The van der Waals surface area contributed by atoms with Gasteiger partial charge in [0.1, 0.15) is 0 Å². The van der Waals surface area contributed by atoms with Crippen molar-refractivity contribution in [3.05, 3.63) is 34.7 Å². The number of rotatable bonds is 7. The van der Waals surface area contributed by atoms with Crippen LogP contribution in [0.15, 0.2) is 34.0 Å². The van der Waals surface area contributed by atoms with Crippen molar-refractivity contribution in [1.29, 1.82) is 0 Å². The Bertz CT molecular complexity index is 919. The first-order valence-electron chi connectivity index (χ1n) is 8.21. The largest absolute Gasteiger partial charge is 0.357 e. The van der Waals surface area contributed by atoms with Crippen LogP contribution in [0.25, 0.3) is 11.3 Å². The fourth-order valence-corrected chi connectivity index (χ4v) is 4.56. The fraction of sp³-hybridized carbons (Fsp3) is 0.294. The number of carbonyl (C=O) groups excluding carboxylic acids is 1. The molecule has 1 aliphatic rings. The summed E-state index contributed by atoms with van der Waals surface area (Å²) in [6.45, 7) is 1.98. The molecule has 2 N–H and O–H groups in total. The summed E-state index contributed by atoms with van der Waals surface area (Å²) < 4.78 is 0.801. The fourth-order valence-electron chi connectivity index (χ4n) is 2.31. The maximum atomic E-state index is 12.2. The van der Waals surface area contributed by atoms with Crippen molar-refractivity contribution in [2.24, 2.45) is 0 Å². The van der Waals surface area contributed by atoms with E-state index in [0.29, 0.717) is 11.8 Å². The Kier molecular flexibility index (Phi) is 5.18. The molecule has 3 aromatic rings. The Labute approximate surface area is 163 Å². The summed E-state index contributed by atoms with van der Waals surface area (Å²) in [5.41, 5.74) is 2.70. The van der Waals surface area contributed by atoms with Crippen LogP contribution in [-0.4, -0.2) is 32.9 Å². The molecule has 0 atom stereocenters. The minimum atomic E-state index is -0.0616. The quantitative estimate of drug-likeness (QED) is 0.573. The highest BCUT2D eigenvalue weighted by Gasteiger charge is 2.22. The number of thioether (sulfide) groups is 1. The van der Waals surface area contributed by atoms with E-state index in [4.69, 9.17) is 0 Å². The standard InChI is InChI=1S/C17H17N5OS3/c1-10-18-14(8-24-10)11-3-2-4-13(7-11)19-15(23)9-25-17-22-21-16(26-17)20-12-5-6-12/h2-4,7-8,12H,5-6,9H2,1H3,(H,19,23)(H,20,21).